The van der Waals surface area contributed by atoms with Crippen LogP contribution in [0, 0.1) is 0 Å². The van der Waals surface area contributed by atoms with Crippen LogP contribution in [0.1, 0.15) is 37.2 Å². The van der Waals surface area contributed by atoms with Crippen LogP contribution in [0.2, 0.25) is 0 Å². The molecule has 8 nitrogen and oxygen atoms in total. The highest BCUT2D eigenvalue weighted by Crippen LogP contribution is 2.32. The average molecular weight is 398 g/mol. The van der Waals surface area contributed by atoms with Crippen molar-refractivity contribution in [3.8, 4) is 5.75 Å². The van der Waals surface area contributed by atoms with Gasteiger partial charge in [0, 0.05) is 32.1 Å². The molecular formula is C21H26N4O4. The predicted molar refractivity (Wildman–Crippen MR) is 107 cm³/mol. The minimum Gasteiger partial charge on any atom is -0.489 e. The Kier molecular flexibility index (Phi) is 5.64. The van der Waals surface area contributed by atoms with Crippen LogP contribution in [0.15, 0.2) is 36.5 Å². The van der Waals surface area contributed by atoms with Gasteiger partial charge in [-0.2, -0.15) is 0 Å². The number of likely N-dealkylation sites (tertiary alicyclic amines) is 1. The van der Waals surface area contributed by atoms with Crippen molar-refractivity contribution in [3.63, 3.8) is 0 Å². The highest BCUT2D eigenvalue weighted by molar-refractivity contribution is 5.92. The van der Waals surface area contributed by atoms with Gasteiger partial charge in [-0.3, -0.25) is 4.79 Å². The van der Waals surface area contributed by atoms with Gasteiger partial charge in [0.05, 0.1) is 25.0 Å². The normalized spacial score (nSPS) is 18.2. The summed E-state index contributed by atoms with van der Waals surface area (Å²) >= 11 is 0. The molecule has 2 fully saturated rings. The largest absolute Gasteiger partial charge is 0.489 e. The van der Waals surface area contributed by atoms with Crippen molar-refractivity contribution in [2.75, 3.05) is 31.6 Å². The number of rotatable bonds is 5. The quantitative estimate of drug-likeness (QED) is 0.829. The first kappa shape index (κ1) is 19.6. The topological polar surface area (TPSA) is 85.8 Å². The molecule has 1 aromatic heterocycles. The second-order valence-corrected chi connectivity index (χ2v) is 7.45. The lowest BCUT2D eigenvalue weighted by Crippen LogP contribution is -2.47. The molecule has 2 saturated heterocycles. The fourth-order valence-electron chi connectivity index (χ4n) is 3.58. The first-order chi connectivity index (χ1) is 14.0. The minimum atomic E-state index is -0.505. The van der Waals surface area contributed by atoms with Crippen molar-refractivity contribution >= 4 is 17.5 Å². The molecule has 0 atom stereocenters. The third kappa shape index (κ3) is 4.49. The number of hydrogen-bond donors (Lipinski definition) is 1. The van der Waals surface area contributed by atoms with Crippen LogP contribution in [0.25, 0.3) is 0 Å². The molecule has 1 N–H and O–H groups in total. The first-order valence-electron chi connectivity index (χ1n) is 9.98. The molecule has 0 unspecified atom stereocenters. The third-order valence-corrected chi connectivity index (χ3v) is 5.00. The van der Waals surface area contributed by atoms with Gasteiger partial charge < -0.3 is 24.4 Å². The predicted octanol–water partition coefficient (Wildman–Crippen LogP) is 2.99. The summed E-state index contributed by atoms with van der Waals surface area (Å²) in [5.74, 6) is 0.442. The standard InChI is InChI=1S/C21H26N4O4/c1-15(2)29-18-6-4-3-5-16(18)23-20-22-10-7-17(24-20)19(26)25-11-8-21(9-12-25)27-13-14-28-21/h3-7,10,15H,8-9,11-14H2,1-2H3,(H,22,23,24). The third-order valence-electron chi connectivity index (χ3n) is 5.00. The summed E-state index contributed by atoms with van der Waals surface area (Å²) in [6, 6.07) is 9.22. The summed E-state index contributed by atoms with van der Waals surface area (Å²) in [5, 5.41) is 3.16. The van der Waals surface area contributed by atoms with Crippen molar-refractivity contribution in [3.05, 3.63) is 42.2 Å². The maximum absolute atomic E-state index is 12.9. The lowest BCUT2D eigenvalue weighted by molar-refractivity contribution is -0.181. The summed E-state index contributed by atoms with van der Waals surface area (Å²) < 4.78 is 17.3. The van der Waals surface area contributed by atoms with E-state index in [9.17, 15) is 4.79 Å². The molecule has 2 aliphatic heterocycles. The van der Waals surface area contributed by atoms with E-state index in [1.54, 1.807) is 17.2 Å². The molecule has 0 aliphatic carbocycles. The molecule has 29 heavy (non-hydrogen) atoms. The molecule has 1 amide bonds. The van der Waals surface area contributed by atoms with E-state index in [1.807, 2.05) is 38.1 Å². The van der Waals surface area contributed by atoms with E-state index in [0.717, 1.165) is 5.69 Å². The monoisotopic (exact) mass is 398 g/mol. The highest BCUT2D eigenvalue weighted by Gasteiger charge is 2.41. The van der Waals surface area contributed by atoms with Gasteiger partial charge in [0.1, 0.15) is 11.4 Å². The smallest absolute Gasteiger partial charge is 0.272 e. The molecule has 2 aliphatic rings. The van der Waals surface area contributed by atoms with Crippen LogP contribution in [0.5, 0.6) is 5.75 Å². The van der Waals surface area contributed by atoms with Crippen molar-refractivity contribution < 1.29 is 19.0 Å². The van der Waals surface area contributed by atoms with Gasteiger partial charge in [-0.25, -0.2) is 9.97 Å². The SMILES string of the molecule is CC(C)Oc1ccccc1Nc1nccc(C(=O)N2CCC3(CC2)OCCO3)n1. The van der Waals surface area contributed by atoms with Crippen LogP contribution >= 0.6 is 0 Å². The van der Waals surface area contributed by atoms with Gasteiger partial charge in [0.15, 0.2) is 5.79 Å². The number of para-hydroxylation sites is 2. The Morgan fingerprint density at radius 1 is 1.17 bits per heavy atom. The maximum Gasteiger partial charge on any atom is 0.272 e. The lowest BCUT2D eigenvalue weighted by atomic mass is 10.0. The van der Waals surface area contributed by atoms with E-state index in [0.29, 0.717) is 56.5 Å². The van der Waals surface area contributed by atoms with Crippen molar-refractivity contribution in [1.29, 1.82) is 0 Å². The molecular weight excluding hydrogens is 372 g/mol. The van der Waals surface area contributed by atoms with Gasteiger partial charge >= 0.3 is 0 Å². The molecule has 2 aromatic rings. The summed E-state index contributed by atoms with van der Waals surface area (Å²) in [6.07, 6.45) is 2.98. The zero-order chi connectivity index (χ0) is 20.3. The number of carbonyl (C=O) groups excluding carboxylic acids is 1. The van der Waals surface area contributed by atoms with E-state index in [4.69, 9.17) is 14.2 Å². The Bertz CT molecular complexity index is 857. The number of hydrogen-bond acceptors (Lipinski definition) is 7. The van der Waals surface area contributed by atoms with Crippen molar-refractivity contribution in [2.45, 2.75) is 38.6 Å². The second kappa shape index (κ2) is 8.34. The molecule has 0 saturated carbocycles. The highest BCUT2D eigenvalue weighted by atomic mass is 16.7. The molecule has 3 heterocycles. The Labute approximate surface area is 170 Å². The van der Waals surface area contributed by atoms with Gasteiger partial charge in [-0.1, -0.05) is 12.1 Å². The Balaban J connectivity index is 1.45. The van der Waals surface area contributed by atoms with E-state index >= 15 is 0 Å². The molecule has 8 heteroatoms. The Hall–Kier alpha value is -2.71. The minimum absolute atomic E-state index is 0.0435. The average Bonchev–Trinajstić information content (AvgIpc) is 3.17. The summed E-state index contributed by atoms with van der Waals surface area (Å²) in [4.78, 5) is 23.4. The molecule has 154 valence electrons. The number of nitrogens with one attached hydrogen (secondary N) is 1. The number of nitrogens with zero attached hydrogens (tertiary/aromatic N) is 3. The fraction of sp³-hybridized carbons (Fsp3) is 0.476. The van der Waals surface area contributed by atoms with Crippen LogP contribution in [-0.2, 0) is 9.47 Å². The maximum atomic E-state index is 12.9. The van der Waals surface area contributed by atoms with Crippen molar-refractivity contribution in [1.82, 2.24) is 14.9 Å². The van der Waals surface area contributed by atoms with Gasteiger partial charge in [-0.15, -0.1) is 0 Å². The Morgan fingerprint density at radius 2 is 1.90 bits per heavy atom. The number of anilines is 2. The van der Waals surface area contributed by atoms with E-state index < -0.39 is 5.79 Å². The summed E-state index contributed by atoms with van der Waals surface area (Å²) in [6.45, 7) is 6.34. The number of benzene rings is 1. The first-order valence-corrected chi connectivity index (χ1v) is 9.98. The van der Waals surface area contributed by atoms with E-state index in [2.05, 4.69) is 15.3 Å². The van der Waals surface area contributed by atoms with Crippen LogP contribution in [-0.4, -0.2) is 59.0 Å². The number of aromatic nitrogens is 2. The van der Waals surface area contributed by atoms with Crippen molar-refractivity contribution in [2.24, 2.45) is 0 Å². The number of ether oxygens (including phenoxy) is 3. The zero-order valence-electron chi connectivity index (χ0n) is 16.8. The van der Waals surface area contributed by atoms with Crippen LogP contribution in [0.4, 0.5) is 11.6 Å². The number of piperidine rings is 1. The van der Waals surface area contributed by atoms with Crippen LogP contribution < -0.4 is 10.1 Å². The molecule has 0 bridgehead atoms. The molecule has 0 radical (unpaired) electrons. The van der Waals surface area contributed by atoms with Gasteiger partial charge in [-0.05, 0) is 32.0 Å². The number of carbonyl (C=O) groups is 1. The van der Waals surface area contributed by atoms with E-state index in [1.165, 1.54) is 0 Å². The van der Waals surface area contributed by atoms with Crippen LogP contribution in [0.3, 0.4) is 0 Å². The number of amides is 1. The summed E-state index contributed by atoms with van der Waals surface area (Å²) in [5.41, 5.74) is 1.11. The van der Waals surface area contributed by atoms with Gasteiger partial charge in [0.25, 0.3) is 5.91 Å². The zero-order valence-corrected chi connectivity index (χ0v) is 16.8. The molecule has 1 spiro atoms. The Morgan fingerprint density at radius 3 is 2.62 bits per heavy atom. The van der Waals surface area contributed by atoms with Gasteiger partial charge in [0.2, 0.25) is 5.95 Å². The fourth-order valence-corrected chi connectivity index (χ4v) is 3.58. The second-order valence-electron chi connectivity index (χ2n) is 7.45. The molecule has 1 aromatic carbocycles. The lowest BCUT2D eigenvalue weighted by Gasteiger charge is -2.37. The molecule has 4 rings (SSSR count). The van der Waals surface area contributed by atoms with E-state index in [-0.39, 0.29) is 12.0 Å². The summed E-state index contributed by atoms with van der Waals surface area (Å²) in [7, 11) is 0.